The molecule has 1 N–H and O–H groups in total. The Balaban J connectivity index is 2.12. The van der Waals surface area contributed by atoms with Crippen LogP contribution in [-0.2, 0) is 0 Å². The van der Waals surface area contributed by atoms with Crippen LogP contribution in [0.25, 0.3) is 10.2 Å². The number of para-hydroxylation sites is 1. The van der Waals surface area contributed by atoms with Crippen LogP contribution in [0.5, 0.6) is 0 Å². The first-order chi connectivity index (χ1) is 8.78. The Morgan fingerprint density at radius 2 is 2.06 bits per heavy atom. The number of aromatic nitrogens is 2. The molecule has 1 aromatic carbocycles. The van der Waals surface area contributed by atoms with Crippen molar-refractivity contribution in [1.29, 1.82) is 0 Å². The lowest BCUT2D eigenvalue weighted by Crippen LogP contribution is -2.02. The van der Waals surface area contributed by atoms with E-state index in [1.54, 1.807) is 0 Å². The standard InChI is InChI=1S/C12H9N3OS2/c1-7-6-17-11(13-7)10(15-16)12-14-8-4-2-3-5-9(8)18-12/h2-6,16H,1H3/b15-10+. The van der Waals surface area contributed by atoms with E-state index in [0.717, 1.165) is 15.9 Å². The number of benzene rings is 1. The van der Waals surface area contributed by atoms with Crippen LogP contribution in [0.4, 0.5) is 0 Å². The average molecular weight is 275 g/mol. The van der Waals surface area contributed by atoms with Gasteiger partial charge >= 0.3 is 0 Å². The maximum Gasteiger partial charge on any atom is 0.174 e. The normalized spacial score (nSPS) is 12.2. The van der Waals surface area contributed by atoms with E-state index in [4.69, 9.17) is 0 Å². The van der Waals surface area contributed by atoms with Crippen molar-refractivity contribution in [1.82, 2.24) is 9.97 Å². The second-order valence-corrected chi connectivity index (χ2v) is 5.62. The number of fused-ring (bicyclic) bond motifs is 1. The predicted octanol–water partition coefficient (Wildman–Crippen LogP) is 3.29. The summed E-state index contributed by atoms with van der Waals surface area (Å²) in [5.41, 5.74) is 2.26. The molecule has 4 nitrogen and oxygen atoms in total. The summed E-state index contributed by atoms with van der Waals surface area (Å²) in [7, 11) is 0. The molecule has 2 heterocycles. The summed E-state index contributed by atoms with van der Waals surface area (Å²) in [5.74, 6) is 0. The van der Waals surface area contributed by atoms with E-state index >= 15 is 0 Å². The number of oxime groups is 1. The quantitative estimate of drug-likeness (QED) is 0.443. The molecule has 0 saturated carbocycles. The highest BCUT2D eigenvalue weighted by molar-refractivity contribution is 7.21. The van der Waals surface area contributed by atoms with Crippen LogP contribution in [0, 0.1) is 6.92 Å². The monoisotopic (exact) mass is 275 g/mol. The zero-order valence-corrected chi connectivity index (χ0v) is 11.1. The number of nitrogens with zero attached hydrogens (tertiary/aromatic N) is 3. The van der Waals surface area contributed by atoms with Gasteiger partial charge in [-0.05, 0) is 19.1 Å². The summed E-state index contributed by atoms with van der Waals surface area (Å²) >= 11 is 2.95. The summed E-state index contributed by atoms with van der Waals surface area (Å²) in [6, 6.07) is 7.85. The molecule has 0 unspecified atom stereocenters. The molecule has 0 saturated heterocycles. The number of rotatable bonds is 2. The highest BCUT2D eigenvalue weighted by Crippen LogP contribution is 2.25. The van der Waals surface area contributed by atoms with Gasteiger partial charge in [-0.15, -0.1) is 22.7 Å². The van der Waals surface area contributed by atoms with Crippen molar-refractivity contribution in [2.24, 2.45) is 5.16 Å². The fourth-order valence-electron chi connectivity index (χ4n) is 1.61. The van der Waals surface area contributed by atoms with E-state index < -0.39 is 0 Å². The SMILES string of the molecule is Cc1csc(/C(=N\O)c2nc3ccccc3s2)n1. The summed E-state index contributed by atoms with van der Waals surface area (Å²) in [4.78, 5) is 8.79. The minimum atomic E-state index is 0.439. The molecule has 0 spiro atoms. The van der Waals surface area contributed by atoms with Crippen molar-refractivity contribution in [2.75, 3.05) is 0 Å². The minimum Gasteiger partial charge on any atom is -0.410 e. The van der Waals surface area contributed by atoms with E-state index in [1.807, 2.05) is 36.6 Å². The van der Waals surface area contributed by atoms with Crippen LogP contribution in [0.2, 0.25) is 0 Å². The summed E-state index contributed by atoms with van der Waals surface area (Å²) in [6.45, 7) is 1.91. The first-order valence-electron chi connectivity index (χ1n) is 5.28. The number of hydrogen-bond donors (Lipinski definition) is 1. The molecule has 0 aliphatic carbocycles. The Hall–Kier alpha value is -1.79. The molecule has 2 aromatic heterocycles. The van der Waals surface area contributed by atoms with Crippen molar-refractivity contribution in [3.05, 3.63) is 45.4 Å². The third-order valence-electron chi connectivity index (χ3n) is 2.42. The van der Waals surface area contributed by atoms with Gasteiger partial charge in [0, 0.05) is 11.1 Å². The Labute approximate surface area is 111 Å². The molecule has 0 bridgehead atoms. The minimum absolute atomic E-state index is 0.439. The van der Waals surface area contributed by atoms with Crippen LogP contribution in [0.3, 0.4) is 0 Å². The van der Waals surface area contributed by atoms with E-state index in [0.29, 0.717) is 15.7 Å². The van der Waals surface area contributed by atoms with Crippen molar-refractivity contribution in [2.45, 2.75) is 6.92 Å². The van der Waals surface area contributed by atoms with Gasteiger partial charge in [-0.1, -0.05) is 17.3 Å². The van der Waals surface area contributed by atoms with Crippen LogP contribution in [-0.4, -0.2) is 20.9 Å². The van der Waals surface area contributed by atoms with E-state index in [2.05, 4.69) is 15.1 Å². The smallest absolute Gasteiger partial charge is 0.174 e. The molecule has 6 heteroatoms. The van der Waals surface area contributed by atoms with E-state index in [9.17, 15) is 5.21 Å². The Morgan fingerprint density at radius 1 is 1.22 bits per heavy atom. The molecule has 90 valence electrons. The lowest BCUT2D eigenvalue weighted by Gasteiger charge is -1.94. The average Bonchev–Trinajstić information content (AvgIpc) is 2.96. The van der Waals surface area contributed by atoms with E-state index in [1.165, 1.54) is 22.7 Å². The summed E-state index contributed by atoms with van der Waals surface area (Å²) in [6.07, 6.45) is 0. The molecule has 0 fully saturated rings. The Morgan fingerprint density at radius 3 is 2.72 bits per heavy atom. The second kappa shape index (κ2) is 4.47. The van der Waals surface area contributed by atoms with E-state index in [-0.39, 0.29) is 0 Å². The van der Waals surface area contributed by atoms with Crippen LogP contribution >= 0.6 is 22.7 Å². The zero-order valence-electron chi connectivity index (χ0n) is 9.49. The molecule has 0 atom stereocenters. The van der Waals surface area contributed by atoms with Crippen molar-refractivity contribution in [3.8, 4) is 0 Å². The van der Waals surface area contributed by atoms with Gasteiger partial charge in [-0.3, -0.25) is 0 Å². The fourth-order valence-corrected chi connectivity index (χ4v) is 3.41. The number of aryl methyl sites for hydroxylation is 1. The second-order valence-electron chi connectivity index (χ2n) is 3.73. The van der Waals surface area contributed by atoms with Crippen molar-refractivity contribution >= 4 is 38.6 Å². The molecule has 0 aliphatic heterocycles. The topological polar surface area (TPSA) is 58.4 Å². The van der Waals surface area contributed by atoms with Gasteiger partial charge in [0.05, 0.1) is 10.2 Å². The van der Waals surface area contributed by atoms with Crippen molar-refractivity contribution in [3.63, 3.8) is 0 Å². The first kappa shape index (κ1) is 11.3. The highest BCUT2D eigenvalue weighted by Gasteiger charge is 2.16. The third-order valence-corrected chi connectivity index (χ3v) is 4.43. The molecule has 3 aromatic rings. The molecule has 0 amide bonds. The Kier molecular flexibility index (Phi) is 2.81. The molecule has 0 radical (unpaired) electrons. The van der Waals surface area contributed by atoms with Crippen LogP contribution in [0.1, 0.15) is 15.7 Å². The maximum absolute atomic E-state index is 9.19. The molecule has 0 aliphatic rings. The van der Waals surface area contributed by atoms with Gasteiger partial charge in [0.15, 0.2) is 5.71 Å². The molecule has 3 rings (SSSR count). The fraction of sp³-hybridized carbons (Fsp3) is 0.0833. The Bertz CT molecular complexity index is 697. The lowest BCUT2D eigenvalue weighted by atomic mass is 10.3. The lowest BCUT2D eigenvalue weighted by molar-refractivity contribution is 0.319. The predicted molar refractivity (Wildman–Crippen MR) is 73.9 cm³/mol. The van der Waals surface area contributed by atoms with Gasteiger partial charge in [0.2, 0.25) is 0 Å². The van der Waals surface area contributed by atoms with Gasteiger partial charge in [0.1, 0.15) is 10.0 Å². The van der Waals surface area contributed by atoms with Gasteiger partial charge < -0.3 is 5.21 Å². The van der Waals surface area contributed by atoms with Gasteiger partial charge in [0.25, 0.3) is 0 Å². The largest absolute Gasteiger partial charge is 0.410 e. The van der Waals surface area contributed by atoms with Gasteiger partial charge in [-0.2, -0.15) is 0 Å². The first-order valence-corrected chi connectivity index (χ1v) is 6.98. The number of hydrogen-bond acceptors (Lipinski definition) is 6. The maximum atomic E-state index is 9.19. The molecule has 18 heavy (non-hydrogen) atoms. The summed E-state index contributed by atoms with van der Waals surface area (Å²) in [5, 5.41) is 15.8. The third kappa shape index (κ3) is 1.89. The molecular weight excluding hydrogens is 266 g/mol. The van der Waals surface area contributed by atoms with Crippen molar-refractivity contribution < 1.29 is 5.21 Å². The highest BCUT2D eigenvalue weighted by atomic mass is 32.1. The van der Waals surface area contributed by atoms with Crippen LogP contribution in [0.15, 0.2) is 34.8 Å². The number of thiazole rings is 2. The van der Waals surface area contributed by atoms with Crippen LogP contribution < -0.4 is 0 Å². The van der Waals surface area contributed by atoms with Gasteiger partial charge in [-0.25, -0.2) is 9.97 Å². The molecular formula is C12H9N3OS2. The zero-order chi connectivity index (χ0) is 12.5. The summed E-state index contributed by atoms with van der Waals surface area (Å²) < 4.78 is 1.07.